The highest BCUT2D eigenvalue weighted by atomic mass is 19.5. The molecule has 0 aliphatic heterocycles. The summed E-state index contributed by atoms with van der Waals surface area (Å²) < 4.78 is 117. The van der Waals surface area contributed by atoms with Crippen LogP contribution in [-0.4, -0.2) is 21.8 Å². The third-order valence-electron chi connectivity index (χ3n) is 0.289. The smallest absolute Gasteiger partial charge is 0.418 e. The maximum absolute atomic E-state index is 9.75. The molecular formula is C4H8B3F12-3. The number of halogens is 12. The molecule has 15 heteroatoms. The van der Waals surface area contributed by atoms with Crippen LogP contribution in [0.2, 0.25) is 0 Å². The SMILES string of the molecule is C=CCC.F[B-](F)(F)F.F[B-](F)(F)F.F[B-](F)(F)F. The van der Waals surface area contributed by atoms with Crippen LogP contribution in [0.1, 0.15) is 13.3 Å². The molecule has 0 radical (unpaired) electrons. The lowest BCUT2D eigenvalue weighted by Crippen LogP contribution is -2.02. The van der Waals surface area contributed by atoms with E-state index in [2.05, 4.69) is 13.5 Å². The molecule has 0 fully saturated rings. The molecule has 0 aliphatic rings. The van der Waals surface area contributed by atoms with Crippen molar-refractivity contribution in [3.63, 3.8) is 0 Å². The molecule has 0 aromatic rings. The Hall–Kier alpha value is -0.905. The van der Waals surface area contributed by atoms with Crippen molar-refractivity contribution >= 4 is 21.8 Å². The summed E-state index contributed by atoms with van der Waals surface area (Å²) >= 11 is 0. The minimum atomic E-state index is -6.00. The topological polar surface area (TPSA) is 0 Å². The molecule has 0 atom stereocenters. The predicted molar refractivity (Wildman–Crippen MR) is 51.0 cm³/mol. The minimum absolute atomic E-state index is 1.08. The third kappa shape index (κ3) is 433000. The highest BCUT2D eigenvalue weighted by Crippen LogP contribution is 2.07. The molecule has 0 rings (SSSR count). The van der Waals surface area contributed by atoms with E-state index in [-0.39, 0.29) is 0 Å². The second-order valence-corrected chi connectivity index (χ2v) is 2.18. The molecule has 0 heterocycles. The zero-order valence-electron chi connectivity index (χ0n) is 9.26. The van der Waals surface area contributed by atoms with Gasteiger partial charge in [0.1, 0.15) is 0 Å². The van der Waals surface area contributed by atoms with Gasteiger partial charge in [-0.15, -0.1) is 6.58 Å². The van der Waals surface area contributed by atoms with Crippen molar-refractivity contribution < 1.29 is 51.8 Å². The number of allylic oxidation sites excluding steroid dienone is 1. The van der Waals surface area contributed by atoms with E-state index >= 15 is 0 Å². The van der Waals surface area contributed by atoms with Crippen molar-refractivity contribution in [2.24, 2.45) is 0 Å². The first kappa shape index (κ1) is 26.6. The molecule has 0 unspecified atom stereocenters. The van der Waals surface area contributed by atoms with Gasteiger partial charge in [0.15, 0.2) is 0 Å². The minimum Gasteiger partial charge on any atom is -0.418 e. The van der Waals surface area contributed by atoms with Crippen LogP contribution in [0, 0.1) is 0 Å². The Kier molecular flexibility index (Phi) is 17.0. The Morgan fingerprint density at radius 1 is 0.632 bits per heavy atom. The van der Waals surface area contributed by atoms with E-state index in [9.17, 15) is 51.8 Å². The van der Waals surface area contributed by atoms with Crippen molar-refractivity contribution in [3.05, 3.63) is 12.7 Å². The van der Waals surface area contributed by atoms with Gasteiger partial charge in [-0.05, 0) is 6.42 Å². The Morgan fingerprint density at radius 2 is 0.684 bits per heavy atom. The van der Waals surface area contributed by atoms with E-state index in [0.717, 1.165) is 6.42 Å². The van der Waals surface area contributed by atoms with Crippen LogP contribution in [-0.2, 0) is 0 Å². The summed E-state index contributed by atoms with van der Waals surface area (Å²) in [6.45, 7) is 5.54. The fraction of sp³-hybridized carbons (Fsp3) is 0.500. The fourth-order valence-electron chi connectivity index (χ4n) is 0. The van der Waals surface area contributed by atoms with Crippen molar-refractivity contribution in [1.82, 2.24) is 0 Å². The Labute approximate surface area is 101 Å². The quantitative estimate of drug-likeness (QED) is 0.341. The van der Waals surface area contributed by atoms with Crippen molar-refractivity contribution in [3.8, 4) is 0 Å². The molecule has 0 N–H and O–H groups in total. The second kappa shape index (κ2) is 12.1. The van der Waals surface area contributed by atoms with E-state index in [1.54, 1.807) is 0 Å². The summed E-state index contributed by atoms with van der Waals surface area (Å²) in [5.74, 6) is 0. The average molecular weight is 317 g/mol. The van der Waals surface area contributed by atoms with Crippen LogP contribution in [0.15, 0.2) is 12.7 Å². The number of rotatable bonds is 1. The molecular weight excluding hydrogens is 308 g/mol. The molecule has 0 saturated heterocycles. The van der Waals surface area contributed by atoms with Gasteiger partial charge in [0.25, 0.3) is 0 Å². The first-order valence-corrected chi connectivity index (χ1v) is 4.14. The summed E-state index contributed by atoms with van der Waals surface area (Å²) in [4.78, 5) is 0. The van der Waals surface area contributed by atoms with Gasteiger partial charge in [-0.1, -0.05) is 13.0 Å². The first-order valence-electron chi connectivity index (χ1n) is 4.14. The molecule has 0 amide bonds. The van der Waals surface area contributed by atoms with Gasteiger partial charge in [0.05, 0.1) is 0 Å². The summed E-state index contributed by atoms with van der Waals surface area (Å²) in [5, 5.41) is 0. The molecule has 0 bridgehead atoms. The third-order valence-corrected chi connectivity index (χ3v) is 0.289. The van der Waals surface area contributed by atoms with Gasteiger partial charge in [-0.2, -0.15) is 0 Å². The van der Waals surface area contributed by atoms with Crippen molar-refractivity contribution in [1.29, 1.82) is 0 Å². The summed E-state index contributed by atoms with van der Waals surface area (Å²) in [6.07, 6.45) is 2.96. The maximum atomic E-state index is 9.75. The van der Waals surface area contributed by atoms with Crippen molar-refractivity contribution in [2.75, 3.05) is 0 Å². The molecule has 19 heavy (non-hydrogen) atoms. The maximum Gasteiger partial charge on any atom is 0.673 e. The predicted octanol–water partition coefficient (Wildman–Crippen LogP) is 5.48. The normalized spacial score (nSPS) is 10.8. The van der Waals surface area contributed by atoms with Gasteiger partial charge in [0, 0.05) is 0 Å². The van der Waals surface area contributed by atoms with Crippen LogP contribution < -0.4 is 0 Å². The zero-order valence-corrected chi connectivity index (χ0v) is 9.26. The van der Waals surface area contributed by atoms with Crippen LogP contribution >= 0.6 is 0 Å². The van der Waals surface area contributed by atoms with Gasteiger partial charge >= 0.3 is 21.8 Å². The molecule has 0 spiro atoms. The molecule has 0 aromatic heterocycles. The highest BCUT2D eigenvalue weighted by molar-refractivity contribution is 6.50. The summed E-state index contributed by atoms with van der Waals surface area (Å²) in [7, 11) is -18.0. The van der Waals surface area contributed by atoms with E-state index < -0.39 is 21.8 Å². The molecule has 0 saturated carbocycles. The molecule has 0 nitrogen and oxygen atoms in total. The Bertz CT molecular complexity index is 144. The lowest BCUT2D eigenvalue weighted by molar-refractivity contribution is 0.366. The summed E-state index contributed by atoms with van der Waals surface area (Å²) in [6, 6.07) is 0. The van der Waals surface area contributed by atoms with Crippen molar-refractivity contribution in [2.45, 2.75) is 13.3 Å². The van der Waals surface area contributed by atoms with E-state index in [0.29, 0.717) is 0 Å². The number of hydrogen-bond donors (Lipinski definition) is 0. The van der Waals surface area contributed by atoms with Gasteiger partial charge in [0.2, 0.25) is 0 Å². The van der Waals surface area contributed by atoms with Crippen LogP contribution in [0.5, 0.6) is 0 Å². The van der Waals surface area contributed by atoms with Crippen LogP contribution in [0.25, 0.3) is 0 Å². The second-order valence-electron chi connectivity index (χ2n) is 2.18. The van der Waals surface area contributed by atoms with Gasteiger partial charge in [-0.3, -0.25) is 0 Å². The Balaban J connectivity index is -0.0000000793. The Morgan fingerprint density at radius 3 is 0.684 bits per heavy atom. The lowest BCUT2D eigenvalue weighted by atomic mass is 10.3. The number of hydrogen-bond acceptors (Lipinski definition) is 0. The van der Waals surface area contributed by atoms with Gasteiger partial charge in [-0.25, -0.2) is 0 Å². The highest BCUT2D eigenvalue weighted by Gasteiger charge is 2.21. The molecule has 0 aliphatic carbocycles. The zero-order chi connectivity index (χ0) is 16.9. The standard InChI is InChI=1S/C4H8.3BF4/c1-3-4-2;3*2-1(3,4)5/h3H,1,4H2,2H3;;;/q;3*-1. The van der Waals surface area contributed by atoms with Gasteiger partial charge < -0.3 is 51.8 Å². The van der Waals surface area contributed by atoms with Crippen LogP contribution in [0.3, 0.4) is 0 Å². The molecule has 120 valence electrons. The average Bonchev–Trinajstić information content (AvgIpc) is 1.93. The van der Waals surface area contributed by atoms with E-state index in [4.69, 9.17) is 0 Å². The molecule has 0 aromatic carbocycles. The monoisotopic (exact) mass is 317 g/mol. The summed E-state index contributed by atoms with van der Waals surface area (Å²) in [5.41, 5.74) is 0. The fourth-order valence-corrected chi connectivity index (χ4v) is 0. The van der Waals surface area contributed by atoms with E-state index in [1.165, 1.54) is 0 Å². The first-order chi connectivity index (χ1) is 7.91. The van der Waals surface area contributed by atoms with Crippen LogP contribution in [0.4, 0.5) is 51.8 Å². The van der Waals surface area contributed by atoms with E-state index in [1.807, 2.05) is 6.08 Å². The largest absolute Gasteiger partial charge is 0.673 e. The lowest BCUT2D eigenvalue weighted by Gasteiger charge is -1.94.